The predicted octanol–water partition coefficient (Wildman–Crippen LogP) is 4.14. The molecule has 154 valence electrons. The summed E-state index contributed by atoms with van der Waals surface area (Å²) in [5.74, 6) is 0.596. The molecule has 0 bridgehead atoms. The summed E-state index contributed by atoms with van der Waals surface area (Å²) in [5, 5.41) is 0. The maximum absolute atomic E-state index is 13.2. The zero-order chi connectivity index (χ0) is 19.2. The predicted molar refractivity (Wildman–Crippen MR) is 112 cm³/mol. The molecular weight excluding hydrogens is 348 g/mol. The summed E-state index contributed by atoms with van der Waals surface area (Å²) in [4.78, 5) is 24.4. The van der Waals surface area contributed by atoms with Crippen LogP contribution in [0, 0.1) is 5.92 Å². The van der Waals surface area contributed by atoms with Gasteiger partial charge in [0.05, 0.1) is 0 Å². The van der Waals surface area contributed by atoms with Gasteiger partial charge in [-0.25, -0.2) is 4.79 Å². The van der Waals surface area contributed by atoms with Gasteiger partial charge >= 0.3 is 6.03 Å². The van der Waals surface area contributed by atoms with E-state index in [0.29, 0.717) is 12.5 Å². The Kier molecular flexibility index (Phi) is 6.84. The molecule has 0 radical (unpaired) electrons. The van der Waals surface area contributed by atoms with Crippen LogP contribution in [0.3, 0.4) is 0 Å². The third kappa shape index (κ3) is 5.05. The molecule has 3 aliphatic rings. The first kappa shape index (κ1) is 19.7. The normalized spacial score (nSPS) is 24.4. The van der Waals surface area contributed by atoms with E-state index in [1.54, 1.807) is 6.20 Å². The van der Waals surface area contributed by atoms with E-state index in [0.717, 1.165) is 44.1 Å². The summed E-state index contributed by atoms with van der Waals surface area (Å²) >= 11 is 0. The van der Waals surface area contributed by atoms with Crippen molar-refractivity contribution in [3.05, 3.63) is 30.1 Å². The van der Waals surface area contributed by atoms with Gasteiger partial charge in [-0.2, -0.15) is 0 Å². The van der Waals surface area contributed by atoms with Crippen molar-refractivity contribution in [2.45, 2.75) is 70.4 Å². The first-order valence-corrected chi connectivity index (χ1v) is 11.5. The second-order valence-electron chi connectivity index (χ2n) is 9.01. The lowest BCUT2D eigenvalue weighted by Gasteiger charge is -2.41. The van der Waals surface area contributed by atoms with Gasteiger partial charge in [0.15, 0.2) is 0 Å². The molecular formula is C23H36N4O. The number of likely N-dealkylation sites (tertiary alicyclic amines) is 2. The molecule has 5 heteroatoms. The number of rotatable bonds is 5. The van der Waals surface area contributed by atoms with Gasteiger partial charge in [-0.05, 0) is 62.6 Å². The Morgan fingerprint density at radius 2 is 1.86 bits per heavy atom. The lowest BCUT2D eigenvalue weighted by Crippen LogP contribution is -2.49. The zero-order valence-electron chi connectivity index (χ0n) is 17.3. The van der Waals surface area contributed by atoms with Gasteiger partial charge in [0.2, 0.25) is 0 Å². The summed E-state index contributed by atoms with van der Waals surface area (Å²) in [7, 11) is 0. The fraction of sp³-hybridized carbons (Fsp3) is 0.739. The molecule has 1 aliphatic carbocycles. The topological polar surface area (TPSA) is 39.7 Å². The quantitative estimate of drug-likeness (QED) is 0.766. The van der Waals surface area contributed by atoms with Crippen molar-refractivity contribution in [2.75, 3.05) is 32.7 Å². The van der Waals surface area contributed by atoms with Crippen LogP contribution in [0.1, 0.15) is 63.4 Å². The number of carbonyl (C=O) groups excluding carboxylic acids is 1. The number of hydrogen-bond donors (Lipinski definition) is 0. The number of nitrogens with zero attached hydrogens (tertiary/aromatic N) is 4. The molecule has 5 nitrogen and oxygen atoms in total. The Morgan fingerprint density at radius 3 is 2.61 bits per heavy atom. The van der Waals surface area contributed by atoms with Crippen LogP contribution in [0.5, 0.6) is 0 Å². The lowest BCUT2D eigenvalue weighted by molar-refractivity contribution is 0.0795. The minimum atomic E-state index is 0.233. The van der Waals surface area contributed by atoms with Crippen molar-refractivity contribution in [3.63, 3.8) is 0 Å². The van der Waals surface area contributed by atoms with Gasteiger partial charge < -0.3 is 14.7 Å². The van der Waals surface area contributed by atoms with Gasteiger partial charge in [-0.15, -0.1) is 0 Å². The van der Waals surface area contributed by atoms with Crippen molar-refractivity contribution < 1.29 is 4.79 Å². The Labute approximate surface area is 170 Å². The first-order chi connectivity index (χ1) is 13.8. The molecule has 1 aromatic rings. The van der Waals surface area contributed by atoms with Crippen molar-refractivity contribution in [3.8, 4) is 0 Å². The zero-order valence-corrected chi connectivity index (χ0v) is 17.3. The molecule has 0 N–H and O–H groups in total. The Hall–Kier alpha value is -1.62. The number of hydrogen-bond acceptors (Lipinski definition) is 3. The molecule has 4 rings (SSSR count). The van der Waals surface area contributed by atoms with E-state index in [-0.39, 0.29) is 6.03 Å². The fourth-order valence-electron chi connectivity index (χ4n) is 5.37. The molecule has 28 heavy (non-hydrogen) atoms. The van der Waals surface area contributed by atoms with Crippen LogP contribution in [-0.2, 0) is 6.54 Å². The molecule has 1 saturated carbocycles. The molecule has 1 atom stereocenters. The molecule has 2 amide bonds. The van der Waals surface area contributed by atoms with Gasteiger partial charge in [-0.3, -0.25) is 4.98 Å². The summed E-state index contributed by atoms with van der Waals surface area (Å²) in [6, 6.07) is 5.08. The highest BCUT2D eigenvalue weighted by atomic mass is 16.2. The second kappa shape index (κ2) is 9.73. The fourth-order valence-corrected chi connectivity index (χ4v) is 5.37. The van der Waals surface area contributed by atoms with Crippen molar-refractivity contribution in [1.29, 1.82) is 0 Å². The number of piperidine rings is 1. The molecule has 3 heterocycles. The molecule has 0 unspecified atom stereocenters. The van der Waals surface area contributed by atoms with E-state index in [1.807, 2.05) is 12.3 Å². The van der Waals surface area contributed by atoms with Gasteiger partial charge in [-0.1, -0.05) is 25.3 Å². The minimum absolute atomic E-state index is 0.233. The maximum atomic E-state index is 13.2. The molecule has 1 aromatic heterocycles. The monoisotopic (exact) mass is 384 g/mol. The molecule has 3 fully saturated rings. The minimum Gasteiger partial charge on any atom is -0.325 e. The third-order valence-corrected chi connectivity index (χ3v) is 6.86. The van der Waals surface area contributed by atoms with E-state index in [9.17, 15) is 4.79 Å². The average Bonchev–Trinajstić information content (AvgIpc) is 3.29. The van der Waals surface area contributed by atoms with Gasteiger partial charge in [0.1, 0.15) is 0 Å². The van der Waals surface area contributed by atoms with E-state index in [1.165, 1.54) is 58.0 Å². The van der Waals surface area contributed by atoms with Crippen LogP contribution < -0.4 is 0 Å². The molecule has 0 spiro atoms. The van der Waals surface area contributed by atoms with E-state index < -0.39 is 0 Å². The largest absolute Gasteiger partial charge is 0.325 e. The Bertz CT molecular complexity index is 610. The number of urea groups is 1. The number of aromatic nitrogens is 1. The van der Waals surface area contributed by atoms with Crippen molar-refractivity contribution >= 4 is 6.03 Å². The first-order valence-electron chi connectivity index (χ1n) is 11.5. The molecule has 2 saturated heterocycles. The number of carbonyl (C=O) groups is 1. The highest BCUT2D eigenvalue weighted by Gasteiger charge is 2.30. The molecule has 2 aliphatic heterocycles. The summed E-state index contributed by atoms with van der Waals surface area (Å²) in [6.07, 6.45) is 15.5. The lowest BCUT2D eigenvalue weighted by atomic mass is 9.90. The van der Waals surface area contributed by atoms with E-state index in [4.69, 9.17) is 0 Å². The SMILES string of the molecule is O=C(N1CCCC1)N(Cc1cccnc1)C[C@H]1CCCN(C2CCCCC2)C1. The summed E-state index contributed by atoms with van der Waals surface area (Å²) in [5.41, 5.74) is 1.13. The highest BCUT2D eigenvalue weighted by molar-refractivity contribution is 5.74. The van der Waals surface area contributed by atoms with Crippen LogP contribution in [-0.4, -0.2) is 64.5 Å². The van der Waals surface area contributed by atoms with Crippen LogP contribution in [0.15, 0.2) is 24.5 Å². The Balaban J connectivity index is 1.41. The number of amides is 2. The number of pyridine rings is 1. The van der Waals surface area contributed by atoms with Crippen molar-refractivity contribution in [2.24, 2.45) is 5.92 Å². The Morgan fingerprint density at radius 1 is 1.04 bits per heavy atom. The third-order valence-electron chi connectivity index (χ3n) is 6.86. The maximum Gasteiger partial charge on any atom is 0.320 e. The van der Waals surface area contributed by atoms with Crippen LogP contribution in [0.2, 0.25) is 0 Å². The van der Waals surface area contributed by atoms with Gasteiger partial charge in [0, 0.05) is 51.2 Å². The standard InChI is InChI=1S/C23H36N4O/c28-23(25-13-4-5-14-25)27(17-20-8-6-12-24-16-20)19-21-9-7-15-26(18-21)22-10-2-1-3-11-22/h6,8,12,16,21-22H,1-5,7,9-11,13-15,17-19H2/t21-/m0/s1. The van der Waals surface area contributed by atoms with Crippen molar-refractivity contribution in [1.82, 2.24) is 19.7 Å². The van der Waals surface area contributed by atoms with Crippen LogP contribution >= 0.6 is 0 Å². The second-order valence-corrected chi connectivity index (χ2v) is 9.01. The van der Waals surface area contributed by atoms with Crippen LogP contribution in [0.4, 0.5) is 4.79 Å². The average molecular weight is 385 g/mol. The van der Waals surface area contributed by atoms with Crippen LogP contribution in [0.25, 0.3) is 0 Å². The van der Waals surface area contributed by atoms with Gasteiger partial charge in [0.25, 0.3) is 0 Å². The van der Waals surface area contributed by atoms with E-state index in [2.05, 4.69) is 25.8 Å². The summed E-state index contributed by atoms with van der Waals surface area (Å²) in [6.45, 7) is 5.82. The smallest absolute Gasteiger partial charge is 0.320 e. The highest BCUT2D eigenvalue weighted by Crippen LogP contribution is 2.28. The summed E-state index contributed by atoms with van der Waals surface area (Å²) < 4.78 is 0. The van der Waals surface area contributed by atoms with E-state index >= 15 is 0 Å². The molecule has 0 aromatic carbocycles.